The summed E-state index contributed by atoms with van der Waals surface area (Å²) in [5, 5.41) is 3.53. The van der Waals surface area contributed by atoms with Crippen molar-refractivity contribution < 1.29 is 4.79 Å². The molecule has 1 amide bonds. The molecule has 0 fully saturated rings. The molecule has 4 aromatic rings. The summed E-state index contributed by atoms with van der Waals surface area (Å²) in [4.78, 5) is 32.7. The lowest BCUT2D eigenvalue weighted by Crippen LogP contribution is -2.14. The second-order valence-corrected chi connectivity index (χ2v) is 8.18. The number of nitrogens with one attached hydrogen (secondary N) is 2. The van der Waals surface area contributed by atoms with E-state index in [-0.39, 0.29) is 17.9 Å². The van der Waals surface area contributed by atoms with E-state index in [2.05, 4.69) is 15.3 Å². The predicted octanol–water partition coefficient (Wildman–Crippen LogP) is 5.05. The van der Waals surface area contributed by atoms with Gasteiger partial charge in [-0.15, -0.1) is 11.8 Å². The maximum atomic E-state index is 12.2. The van der Waals surface area contributed by atoms with Crippen LogP contribution < -0.4 is 10.9 Å². The van der Waals surface area contributed by atoms with Crippen molar-refractivity contribution in [3.05, 3.63) is 99.4 Å². The van der Waals surface area contributed by atoms with Gasteiger partial charge in [-0.05, 0) is 54.1 Å². The summed E-state index contributed by atoms with van der Waals surface area (Å²) in [5.74, 6) is 0.368. The first kappa shape index (κ1) is 20.2. The van der Waals surface area contributed by atoms with E-state index >= 15 is 0 Å². The summed E-state index contributed by atoms with van der Waals surface area (Å²) in [5.41, 5.74) is 3.44. The number of aromatic amines is 1. The zero-order valence-electron chi connectivity index (χ0n) is 15.9. The van der Waals surface area contributed by atoms with Gasteiger partial charge in [0.25, 0.3) is 5.56 Å². The molecule has 0 unspecified atom stereocenters. The van der Waals surface area contributed by atoms with Gasteiger partial charge in [0.05, 0.1) is 17.5 Å². The van der Waals surface area contributed by atoms with E-state index in [1.165, 1.54) is 11.8 Å². The fourth-order valence-electron chi connectivity index (χ4n) is 2.94. The number of rotatable bonds is 6. The number of H-pyrrole nitrogens is 1. The van der Waals surface area contributed by atoms with Crippen molar-refractivity contribution in [3.63, 3.8) is 0 Å². The average Bonchev–Trinajstić information content (AvgIpc) is 2.75. The van der Waals surface area contributed by atoms with Crippen molar-refractivity contribution in [2.75, 3.05) is 5.32 Å². The van der Waals surface area contributed by atoms with Crippen LogP contribution in [0.1, 0.15) is 11.3 Å². The molecule has 2 N–H and O–H groups in total. The number of carbonyl (C=O) groups excluding carboxylic acids is 1. The molecular weight excluding hydrogens is 418 g/mol. The maximum absolute atomic E-state index is 12.2. The minimum Gasteiger partial charge on any atom is -0.326 e. The third kappa shape index (κ3) is 5.09. The minimum atomic E-state index is -0.174. The van der Waals surface area contributed by atoms with Crippen LogP contribution >= 0.6 is 23.4 Å². The Morgan fingerprint density at radius 3 is 2.50 bits per heavy atom. The Hall–Kier alpha value is -3.09. The summed E-state index contributed by atoms with van der Waals surface area (Å²) < 4.78 is 0. The molecule has 5 nitrogen and oxygen atoms in total. The van der Waals surface area contributed by atoms with Crippen LogP contribution in [-0.4, -0.2) is 15.9 Å². The molecule has 4 rings (SSSR count). The van der Waals surface area contributed by atoms with Crippen molar-refractivity contribution in [2.45, 2.75) is 17.1 Å². The summed E-state index contributed by atoms with van der Waals surface area (Å²) in [6.07, 6.45) is 0.282. The number of para-hydroxylation sites is 2. The van der Waals surface area contributed by atoms with Gasteiger partial charge in [-0.3, -0.25) is 9.59 Å². The molecule has 0 spiro atoms. The van der Waals surface area contributed by atoms with Gasteiger partial charge >= 0.3 is 0 Å². The number of benzene rings is 3. The fraction of sp³-hybridized carbons (Fsp3) is 0.0870. The molecule has 1 aromatic heterocycles. The van der Waals surface area contributed by atoms with Crippen LogP contribution in [0, 0.1) is 0 Å². The van der Waals surface area contributed by atoms with Crippen LogP contribution in [0.15, 0.2) is 82.5 Å². The lowest BCUT2D eigenvalue weighted by atomic mass is 10.1. The zero-order valence-corrected chi connectivity index (χ0v) is 17.5. The third-order valence-electron chi connectivity index (χ3n) is 4.46. The number of nitrogens with zero attached hydrogens (tertiary/aromatic N) is 1. The highest BCUT2D eigenvalue weighted by atomic mass is 35.5. The summed E-state index contributed by atoms with van der Waals surface area (Å²) in [6.45, 7) is 0. The lowest BCUT2D eigenvalue weighted by Gasteiger charge is -2.07. The third-order valence-corrected chi connectivity index (χ3v) is 5.74. The maximum Gasteiger partial charge on any atom is 0.271 e. The molecule has 0 saturated carbocycles. The second kappa shape index (κ2) is 9.15. The number of carbonyl (C=O) groups is 1. The van der Waals surface area contributed by atoms with Crippen LogP contribution in [0.3, 0.4) is 0 Å². The van der Waals surface area contributed by atoms with Crippen molar-refractivity contribution in [3.8, 4) is 0 Å². The van der Waals surface area contributed by atoms with E-state index in [9.17, 15) is 9.59 Å². The molecule has 0 saturated heterocycles. The highest BCUT2D eigenvalue weighted by Crippen LogP contribution is 2.23. The number of fused-ring (bicyclic) bond motifs is 1. The van der Waals surface area contributed by atoms with E-state index in [1.54, 1.807) is 12.1 Å². The van der Waals surface area contributed by atoms with E-state index < -0.39 is 0 Å². The Kier molecular flexibility index (Phi) is 6.16. The Bertz CT molecular complexity index is 1240. The van der Waals surface area contributed by atoms with E-state index in [4.69, 9.17) is 11.6 Å². The summed E-state index contributed by atoms with van der Waals surface area (Å²) >= 11 is 7.39. The molecule has 0 aliphatic carbocycles. The van der Waals surface area contributed by atoms with Crippen molar-refractivity contribution in [2.24, 2.45) is 0 Å². The Balaban J connectivity index is 1.35. The van der Waals surface area contributed by atoms with Gasteiger partial charge in [-0.1, -0.05) is 35.9 Å². The van der Waals surface area contributed by atoms with Crippen molar-refractivity contribution in [1.29, 1.82) is 0 Å². The highest BCUT2D eigenvalue weighted by Gasteiger charge is 2.07. The average molecular weight is 436 g/mol. The lowest BCUT2D eigenvalue weighted by molar-refractivity contribution is -0.115. The van der Waals surface area contributed by atoms with Crippen LogP contribution in [0.5, 0.6) is 0 Å². The molecule has 7 heteroatoms. The molecule has 3 aromatic carbocycles. The number of anilines is 1. The first-order valence-electron chi connectivity index (χ1n) is 9.32. The van der Waals surface area contributed by atoms with E-state index in [0.29, 0.717) is 16.5 Å². The number of amides is 1. The van der Waals surface area contributed by atoms with E-state index in [1.807, 2.05) is 60.7 Å². The van der Waals surface area contributed by atoms with Crippen LogP contribution in [0.25, 0.3) is 11.0 Å². The topological polar surface area (TPSA) is 74.8 Å². The Morgan fingerprint density at radius 2 is 1.73 bits per heavy atom. The molecule has 0 aliphatic rings. The monoisotopic (exact) mass is 435 g/mol. The quantitative estimate of drug-likeness (QED) is 0.415. The molecule has 0 radical (unpaired) electrons. The molecule has 0 atom stereocenters. The largest absolute Gasteiger partial charge is 0.326 e. The fourth-order valence-corrected chi connectivity index (χ4v) is 3.90. The summed E-state index contributed by atoms with van der Waals surface area (Å²) in [6, 6.07) is 22.2. The summed E-state index contributed by atoms with van der Waals surface area (Å²) in [7, 11) is 0. The molecule has 1 heterocycles. The van der Waals surface area contributed by atoms with Crippen molar-refractivity contribution in [1.82, 2.24) is 9.97 Å². The van der Waals surface area contributed by atoms with Crippen LogP contribution in [0.2, 0.25) is 5.02 Å². The molecule has 0 aliphatic heterocycles. The Morgan fingerprint density at radius 1 is 1.00 bits per heavy atom. The minimum absolute atomic E-state index is 0.0929. The molecular formula is C23H18ClN3O2S. The van der Waals surface area contributed by atoms with Gasteiger partial charge in [-0.2, -0.15) is 0 Å². The molecule has 30 heavy (non-hydrogen) atoms. The SMILES string of the molecule is O=C(Cc1ccc(Cl)cc1)Nc1ccc(SCc2nc3ccccc3[nH]c2=O)cc1. The molecule has 0 bridgehead atoms. The van der Waals surface area contributed by atoms with Gasteiger partial charge in [0.2, 0.25) is 5.91 Å². The highest BCUT2D eigenvalue weighted by molar-refractivity contribution is 7.98. The van der Waals surface area contributed by atoms with Gasteiger partial charge in [0, 0.05) is 21.4 Å². The van der Waals surface area contributed by atoms with Crippen molar-refractivity contribution >= 4 is 46.0 Å². The zero-order chi connectivity index (χ0) is 20.9. The first-order valence-corrected chi connectivity index (χ1v) is 10.7. The number of hydrogen-bond acceptors (Lipinski definition) is 4. The number of halogens is 1. The normalized spacial score (nSPS) is 10.8. The van der Waals surface area contributed by atoms with E-state index in [0.717, 1.165) is 27.2 Å². The van der Waals surface area contributed by atoms with Gasteiger partial charge in [0.1, 0.15) is 5.69 Å². The standard InChI is InChI=1S/C23H18ClN3O2S/c24-16-7-5-15(6-8-16)13-22(28)25-17-9-11-18(12-10-17)30-14-21-23(29)27-20-4-2-1-3-19(20)26-21/h1-12H,13-14H2,(H,25,28)(H,27,29). The van der Waals surface area contributed by atoms with Crippen LogP contribution in [0.4, 0.5) is 5.69 Å². The van der Waals surface area contributed by atoms with Gasteiger partial charge in [-0.25, -0.2) is 4.98 Å². The second-order valence-electron chi connectivity index (χ2n) is 6.69. The number of thioether (sulfide) groups is 1. The van der Waals surface area contributed by atoms with Crippen LogP contribution in [-0.2, 0) is 17.0 Å². The first-order chi connectivity index (χ1) is 14.6. The van der Waals surface area contributed by atoms with Gasteiger partial charge < -0.3 is 10.3 Å². The Labute approximate surface area is 182 Å². The predicted molar refractivity (Wildman–Crippen MR) is 122 cm³/mol. The van der Waals surface area contributed by atoms with Gasteiger partial charge in [0.15, 0.2) is 0 Å². The smallest absolute Gasteiger partial charge is 0.271 e. The number of hydrogen-bond donors (Lipinski definition) is 2. The molecule has 150 valence electrons. The number of aromatic nitrogens is 2.